The van der Waals surface area contributed by atoms with Crippen molar-refractivity contribution >= 4 is 35.3 Å². The van der Waals surface area contributed by atoms with E-state index in [9.17, 15) is 14.4 Å². The van der Waals surface area contributed by atoms with Crippen molar-refractivity contribution in [2.75, 3.05) is 25.0 Å². The highest BCUT2D eigenvalue weighted by Crippen LogP contribution is 2.46. The predicted octanol–water partition coefficient (Wildman–Crippen LogP) is 6.13. The Kier molecular flexibility index (Phi) is 8.86. The number of anilines is 1. The van der Waals surface area contributed by atoms with Gasteiger partial charge in [-0.2, -0.15) is 0 Å². The van der Waals surface area contributed by atoms with Gasteiger partial charge in [-0.25, -0.2) is 14.0 Å². The standard InChI is InChI=1S/C34H38ClFN4O5/c1-3-44-32(42)27-8-6-4-5-7-22(28-18-21(13-15-37-28)23-17-20(2)9-11-25(23)38-27)31(41)40-16-14-34(19-40)29-26(39-33(43)45-34)12-10-24(35)30(29)36/h9-13,15,17-18,22,26-27,29,38H,3-8,14,16,19H2,1-2H3,(H,39,43)/t22?,26?,27?,29?,34-/m0/s1. The van der Waals surface area contributed by atoms with Crippen LogP contribution in [0.15, 0.2) is 59.5 Å². The third kappa shape index (κ3) is 6.17. The van der Waals surface area contributed by atoms with Gasteiger partial charge in [0.1, 0.15) is 17.5 Å². The van der Waals surface area contributed by atoms with Crippen molar-refractivity contribution < 1.29 is 28.2 Å². The lowest BCUT2D eigenvalue weighted by atomic mass is 9.77. The Bertz CT molecular complexity index is 1560. The van der Waals surface area contributed by atoms with Crippen molar-refractivity contribution in [3.8, 4) is 11.1 Å². The van der Waals surface area contributed by atoms with E-state index in [4.69, 9.17) is 21.1 Å². The van der Waals surface area contributed by atoms with Crippen LogP contribution in [-0.2, 0) is 19.1 Å². The third-order valence-electron chi connectivity index (χ3n) is 9.34. The number of nitrogens with zero attached hydrogens (tertiary/aromatic N) is 2. The predicted molar refractivity (Wildman–Crippen MR) is 168 cm³/mol. The molecule has 1 aliphatic carbocycles. The molecule has 9 nitrogen and oxygen atoms in total. The molecule has 2 N–H and O–H groups in total. The highest BCUT2D eigenvalue weighted by Gasteiger charge is 2.57. The van der Waals surface area contributed by atoms with Crippen molar-refractivity contribution in [1.29, 1.82) is 0 Å². The summed E-state index contributed by atoms with van der Waals surface area (Å²) in [6.45, 7) is 4.49. The molecule has 0 saturated carbocycles. The monoisotopic (exact) mass is 636 g/mol. The van der Waals surface area contributed by atoms with E-state index in [1.807, 2.05) is 31.2 Å². The number of pyridine rings is 1. The first-order valence-electron chi connectivity index (χ1n) is 15.7. The lowest BCUT2D eigenvalue weighted by Crippen LogP contribution is -2.61. The number of fused-ring (bicyclic) bond motifs is 6. The summed E-state index contributed by atoms with van der Waals surface area (Å²) in [7, 11) is 0. The number of hydrogen-bond acceptors (Lipinski definition) is 7. The van der Waals surface area contributed by atoms with E-state index in [0.29, 0.717) is 38.1 Å². The minimum atomic E-state index is -1.22. The maximum atomic E-state index is 15.4. The lowest BCUT2D eigenvalue weighted by molar-refractivity contribution is -0.144. The molecular weight excluding hydrogens is 599 g/mol. The summed E-state index contributed by atoms with van der Waals surface area (Å²) in [6.07, 6.45) is 7.95. The molecule has 238 valence electrons. The molecule has 45 heavy (non-hydrogen) atoms. The SMILES string of the molecule is CCOC(=O)C1CCCCCC(C(=O)N2CC[C@@]3(C2)OC(=O)NC2C=CC(Cl)=C(F)C23)c2cc(ccn2)-c2cc(C)ccc2N1. The summed E-state index contributed by atoms with van der Waals surface area (Å²) >= 11 is 6.16. The smallest absolute Gasteiger partial charge is 0.408 e. The zero-order chi connectivity index (χ0) is 31.7. The van der Waals surface area contributed by atoms with Gasteiger partial charge in [-0.1, -0.05) is 48.6 Å². The van der Waals surface area contributed by atoms with Crippen LogP contribution in [0.3, 0.4) is 0 Å². The fourth-order valence-corrected chi connectivity index (χ4v) is 7.31. The van der Waals surface area contributed by atoms with Crippen LogP contribution in [0.1, 0.15) is 62.6 Å². The van der Waals surface area contributed by atoms with Crippen LogP contribution < -0.4 is 10.6 Å². The second-order valence-electron chi connectivity index (χ2n) is 12.3. The van der Waals surface area contributed by atoms with E-state index in [-0.39, 0.29) is 23.5 Å². The van der Waals surface area contributed by atoms with Crippen LogP contribution in [0.25, 0.3) is 11.1 Å². The average Bonchev–Trinajstić information content (AvgIpc) is 3.43. The quantitative estimate of drug-likeness (QED) is 0.390. The number of amides is 2. The minimum absolute atomic E-state index is 0.0217. The van der Waals surface area contributed by atoms with Gasteiger partial charge in [0, 0.05) is 30.4 Å². The van der Waals surface area contributed by atoms with Gasteiger partial charge in [0.25, 0.3) is 0 Å². The number of hydrogen-bond donors (Lipinski definition) is 2. The van der Waals surface area contributed by atoms with Crippen LogP contribution in [0.4, 0.5) is 14.9 Å². The molecule has 11 heteroatoms. The van der Waals surface area contributed by atoms with Gasteiger partial charge >= 0.3 is 12.1 Å². The second kappa shape index (κ2) is 12.8. The first-order valence-corrected chi connectivity index (χ1v) is 16.1. The fraction of sp³-hybridized carbons (Fsp3) is 0.471. The first-order chi connectivity index (χ1) is 21.7. The van der Waals surface area contributed by atoms with E-state index in [1.54, 1.807) is 24.1 Å². The van der Waals surface area contributed by atoms with Crippen LogP contribution in [0.5, 0.6) is 0 Å². The summed E-state index contributed by atoms with van der Waals surface area (Å²) in [4.78, 5) is 46.1. The lowest BCUT2D eigenvalue weighted by Gasteiger charge is -2.45. The number of aromatic nitrogens is 1. The number of halogens is 2. The van der Waals surface area contributed by atoms with Crippen molar-refractivity contribution in [2.45, 2.75) is 76.0 Å². The number of likely N-dealkylation sites (tertiary alicyclic amines) is 1. The molecule has 3 aliphatic heterocycles. The summed E-state index contributed by atoms with van der Waals surface area (Å²) in [5.41, 5.74) is 3.04. The van der Waals surface area contributed by atoms with Gasteiger partial charge in [0.05, 0.1) is 41.8 Å². The molecule has 2 bridgehead atoms. The number of esters is 1. The molecule has 2 amide bonds. The number of nitrogens with one attached hydrogen (secondary N) is 2. The highest BCUT2D eigenvalue weighted by atomic mass is 35.5. The minimum Gasteiger partial charge on any atom is -0.464 e. The summed E-state index contributed by atoms with van der Waals surface area (Å²) in [6, 6.07) is 8.76. The van der Waals surface area contributed by atoms with E-state index >= 15 is 4.39 Å². The van der Waals surface area contributed by atoms with Crippen molar-refractivity contribution in [2.24, 2.45) is 5.92 Å². The molecule has 1 aromatic carbocycles. The second-order valence-corrected chi connectivity index (χ2v) is 12.7. The van der Waals surface area contributed by atoms with Crippen molar-refractivity contribution in [1.82, 2.24) is 15.2 Å². The van der Waals surface area contributed by atoms with Gasteiger partial charge in [0.2, 0.25) is 5.91 Å². The number of benzene rings is 1. The highest BCUT2D eigenvalue weighted by molar-refractivity contribution is 6.31. The number of alkyl carbamates (subject to hydrolysis) is 1. The van der Waals surface area contributed by atoms with Gasteiger partial charge < -0.3 is 25.0 Å². The summed E-state index contributed by atoms with van der Waals surface area (Å²) < 4.78 is 26.6. The van der Waals surface area contributed by atoms with Gasteiger partial charge in [-0.05, 0) is 62.6 Å². The fourth-order valence-electron chi connectivity index (χ4n) is 7.12. The zero-order valence-electron chi connectivity index (χ0n) is 25.5. The molecule has 4 heterocycles. The van der Waals surface area contributed by atoms with Gasteiger partial charge in [-0.3, -0.25) is 9.78 Å². The Morgan fingerprint density at radius 1 is 1.18 bits per heavy atom. The van der Waals surface area contributed by atoms with Crippen LogP contribution in [-0.4, -0.2) is 65.2 Å². The maximum Gasteiger partial charge on any atom is 0.408 e. The molecule has 1 aromatic heterocycles. The Labute approximate surface area is 267 Å². The molecule has 1 spiro atoms. The zero-order valence-corrected chi connectivity index (χ0v) is 26.2. The topological polar surface area (TPSA) is 110 Å². The largest absolute Gasteiger partial charge is 0.464 e. The Morgan fingerprint density at radius 2 is 2.00 bits per heavy atom. The summed E-state index contributed by atoms with van der Waals surface area (Å²) in [5.74, 6) is -2.34. The van der Waals surface area contributed by atoms with Gasteiger partial charge in [0.15, 0.2) is 0 Å². The van der Waals surface area contributed by atoms with Crippen molar-refractivity contribution in [3.05, 3.63) is 70.8 Å². The number of carbonyl (C=O) groups is 3. The summed E-state index contributed by atoms with van der Waals surface area (Å²) in [5, 5.41) is 6.09. The molecule has 2 aromatic rings. The van der Waals surface area contributed by atoms with Crippen LogP contribution in [0, 0.1) is 12.8 Å². The molecule has 0 radical (unpaired) electrons. The van der Waals surface area contributed by atoms with E-state index in [1.165, 1.54) is 6.08 Å². The molecule has 4 unspecified atom stereocenters. The average molecular weight is 637 g/mol. The Morgan fingerprint density at radius 3 is 2.82 bits per heavy atom. The van der Waals surface area contributed by atoms with Crippen LogP contribution in [0.2, 0.25) is 0 Å². The van der Waals surface area contributed by atoms with E-state index in [0.717, 1.165) is 41.6 Å². The molecular formula is C34H38ClFN4O5. The number of rotatable bonds is 3. The Hall–Kier alpha value is -3.92. The van der Waals surface area contributed by atoms with E-state index < -0.39 is 41.4 Å². The molecule has 4 aliphatic rings. The number of allylic oxidation sites excluding steroid dienone is 2. The normalized spacial score (nSPS) is 28.0. The first kappa shape index (κ1) is 31.1. The molecule has 5 atom stereocenters. The Balaban J connectivity index is 1.31. The van der Waals surface area contributed by atoms with Gasteiger partial charge in [-0.15, -0.1) is 0 Å². The molecule has 6 rings (SSSR count). The van der Waals surface area contributed by atoms with E-state index in [2.05, 4.69) is 21.7 Å². The van der Waals surface area contributed by atoms with Crippen LogP contribution >= 0.6 is 11.6 Å². The number of aryl methyl sites for hydroxylation is 1. The van der Waals surface area contributed by atoms with Crippen molar-refractivity contribution in [3.63, 3.8) is 0 Å². The third-order valence-corrected chi connectivity index (χ3v) is 9.65. The number of carbonyl (C=O) groups excluding carboxylic acids is 3. The molecule has 2 saturated heterocycles. The molecule has 2 fully saturated rings. The number of ether oxygens (including phenoxy) is 2. The maximum absolute atomic E-state index is 15.4.